The fraction of sp³-hybridized carbons (Fsp3) is 0.611. The van der Waals surface area contributed by atoms with Gasteiger partial charge < -0.3 is 14.2 Å². The molecule has 0 amide bonds. The number of methoxy groups -OCH3 is 1. The first-order valence-corrected chi connectivity index (χ1v) is 9.15. The summed E-state index contributed by atoms with van der Waals surface area (Å²) in [6, 6.07) is 8.01. The predicted octanol–water partition coefficient (Wildman–Crippen LogP) is 4.32. The molecule has 23 heavy (non-hydrogen) atoms. The largest absolute Gasteiger partial charge is 0.459 e. The smallest absolute Gasteiger partial charge is 0.306 e. The molecule has 2 rings (SSSR count). The molecule has 0 N–H and O–H groups in total. The molecule has 128 valence electrons. The summed E-state index contributed by atoms with van der Waals surface area (Å²) in [6.07, 6.45) is 2.15. The second-order valence-electron chi connectivity index (χ2n) is 6.36. The van der Waals surface area contributed by atoms with Crippen LogP contribution in [0.2, 0.25) is 0 Å². The number of carbonyl (C=O) groups is 1. The lowest BCUT2D eigenvalue weighted by Crippen LogP contribution is -2.33. The molecule has 1 aromatic rings. The summed E-state index contributed by atoms with van der Waals surface area (Å²) in [5.74, 6) is 0.546. The molecule has 0 aromatic heterocycles. The minimum atomic E-state index is -0.328. The molecule has 1 aliphatic rings. The molecule has 0 radical (unpaired) electrons. The van der Waals surface area contributed by atoms with Crippen molar-refractivity contribution in [3.8, 4) is 0 Å². The normalized spacial score (nSPS) is 17.1. The van der Waals surface area contributed by atoms with Crippen molar-refractivity contribution in [3.05, 3.63) is 33.4 Å². The van der Waals surface area contributed by atoms with E-state index in [-0.39, 0.29) is 30.9 Å². The molecule has 0 bridgehead atoms. The van der Waals surface area contributed by atoms with Crippen LogP contribution in [0, 0.1) is 15.4 Å². The van der Waals surface area contributed by atoms with Crippen LogP contribution in [0.1, 0.15) is 44.8 Å². The number of halogens is 1. The van der Waals surface area contributed by atoms with Gasteiger partial charge in [0, 0.05) is 17.1 Å². The highest BCUT2D eigenvalue weighted by Crippen LogP contribution is 2.35. The molecule has 0 spiro atoms. The van der Waals surface area contributed by atoms with Gasteiger partial charge in [0.15, 0.2) is 0 Å². The van der Waals surface area contributed by atoms with Crippen molar-refractivity contribution in [1.29, 1.82) is 0 Å². The van der Waals surface area contributed by atoms with Gasteiger partial charge in [0.05, 0.1) is 0 Å². The van der Waals surface area contributed by atoms with Gasteiger partial charge in [-0.25, -0.2) is 0 Å². The van der Waals surface area contributed by atoms with Crippen LogP contribution in [-0.4, -0.2) is 26.0 Å². The third-order valence-corrected chi connectivity index (χ3v) is 4.93. The van der Waals surface area contributed by atoms with E-state index < -0.39 is 0 Å². The lowest BCUT2D eigenvalue weighted by Gasteiger charge is -2.30. The number of rotatable bonds is 9. The molecule has 0 aliphatic heterocycles. The van der Waals surface area contributed by atoms with Crippen LogP contribution in [0.4, 0.5) is 0 Å². The summed E-state index contributed by atoms with van der Waals surface area (Å²) >= 11 is 2.29. The summed E-state index contributed by atoms with van der Waals surface area (Å²) in [7, 11) is 1.59. The zero-order chi connectivity index (χ0) is 16.8. The van der Waals surface area contributed by atoms with E-state index >= 15 is 0 Å². The van der Waals surface area contributed by atoms with Gasteiger partial charge in [0.1, 0.15) is 19.0 Å². The van der Waals surface area contributed by atoms with Gasteiger partial charge in [0.2, 0.25) is 0 Å². The van der Waals surface area contributed by atoms with E-state index in [0.717, 1.165) is 22.0 Å². The number of benzene rings is 1. The average Bonchev–Trinajstić information content (AvgIpc) is 3.31. The Hall–Kier alpha value is -0.660. The quantitative estimate of drug-likeness (QED) is 0.331. The molecule has 0 saturated heterocycles. The Morgan fingerprint density at radius 2 is 2.00 bits per heavy atom. The van der Waals surface area contributed by atoms with Crippen molar-refractivity contribution in [2.45, 2.75) is 45.3 Å². The SMILES string of the molecule is COCO[C@@H](c1ccccc1I)[C@@H](OC(=O)CC1CC1)C(C)C. The van der Waals surface area contributed by atoms with Gasteiger partial charge in [-0.1, -0.05) is 32.0 Å². The van der Waals surface area contributed by atoms with E-state index in [0.29, 0.717) is 12.3 Å². The predicted molar refractivity (Wildman–Crippen MR) is 96.9 cm³/mol. The Morgan fingerprint density at radius 1 is 1.30 bits per heavy atom. The van der Waals surface area contributed by atoms with Crippen molar-refractivity contribution in [2.75, 3.05) is 13.9 Å². The molecular formula is C18H25IO4. The number of ether oxygens (including phenoxy) is 3. The van der Waals surface area contributed by atoms with Crippen LogP contribution in [-0.2, 0) is 19.0 Å². The summed E-state index contributed by atoms with van der Waals surface area (Å²) < 4.78 is 17.9. The fourth-order valence-electron chi connectivity index (χ4n) is 2.51. The van der Waals surface area contributed by atoms with Crippen LogP contribution in [0.5, 0.6) is 0 Å². The highest BCUT2D eigenvalue weighted by molar-refractivity contribution is 14.1. The standard InChI is InChI=1S/C18H25IO4/c1-12(2)17(23-16(20)10-13-8-9-13)18(22-11-21-3)14-6-4-5-7-15(14)19/h4-7,12-13,17-18H,8-11H2,1-3H3/t17-,18-/m0/s1. The van der Waals surface area contributed by atoms with E-state index in [2.05, 4.69) is 22.6 Å². The molecule has 1 aromatic carbocycles. The first kappa shape index (κ1) is 18.7. The third-order valence-electron chi connectivity index (χ3n) is 3.95. The van der Waals surface area contributed by atoms with Crippen molar-refractivity contribution in [1.82, 2.24) is 0 Å². The minimum absolute atomic E-state index is 0.122. The molecule has 1 saturated carbocycles. The Bertz CT molecular complexity index is 513. The number of hydrogen-bond donors (Lipinski definition) is 0. The topological polar surface area (TPSA) is 44.8 Å². The zero-order valence-corrected chi connectivity index (χ0v) is 16.1. The number of hydrogen-bond acceptors (Lipinski definition) is 4. The maximum absolute atomic E-state index is 12.2. The molecule has 4 nitrogen and oxygen atoms in total. The van der Waals surface area contributed by atoms with Gasteiger partial charge in [-0.2, -0.15) is 0 Å². The second kappa shape index (κ2) is 8.99. The van der Waals surface area contributed by atoms with E-state index in [9.17, 15) is 4.79 Å². The van der Waals surface area contributed by atoms with Crippen LogP contribution < -0.4 is 0 Å². The molecule has 1 aliphatic carbocycles. The molecule has 2 atom stereocenters. The molecular weight excluding hydrogens is 407 g/mol. The summed E-state index contributed by atoms with van der Waals surface area (Å²) in [5, 5.41) is 0. The lowest BCUT2D eigenvalue weighted by atomic mass is 9.95. The maximum Gasteiger partial charge on any atom is 0.306 e. The Balaban J connectivity index is 2.17. The zero-order valence-electron chi connectivity index (χ0n) is 14.0. The number of esters is 1. The highest BCUT2D eigenvalue weighted by Gasteiger charge is 2.33. The monoisotopic (exact) mass is 432 g/mol. The van der Waals surface area contributed by atoms with Crippen molar-refractivity contribution >= 4 is 28.6 Å². The van der Waals surface area contributed by atoms with Gasteiger partial charge >= 0.3 is 5.97 Å². The Morgan fingerprint density at radius 3 is 2.57 bits per heavy atom. The first-order chi connectivity index (χ1) is 11.0. The van der Waals surface area contributed by atoms with Crippen LogP contribution >= 0.6 is 22.6 Å². The van der Waals surface area contributed by atoms with Gasteiger partial charge in [-0.05, 0) is 58.9 Å². The van der Waals surface area contributed by atoms with Gasteiger partial charge in [-0.3, -0.25) is 4.79 Å². The fourth-order valence-corrected chi connectivity index (χ4v) is 3.21. The lowest BCUT2D eigenvalue weighted by molar-refractivity contribution is -0.172. The van der Waals surface area contributed by atoms with Crippen molar-refractivity contribution in [2.24, 2.45) is 11.8 Å². The van der Waals surface area contributed by atoms with E-state index in [1.165, 1.54) is 0 Å². The third kappa shape index (κ3) is 5.72. The van der Waals surface area contributed by atoms with Crippen LogP contribution in [0.3, 0.4) is 0 Å². The van der Waals surface area contributed by atoms with Crippen molar-refractivity contribution in [3.63, 3.8) is 0 Å². The summed E-state index contributed by atoms with van der Waals surface area (Å²) in [6.45, 7) is 4.26. The van der Waals surface area contributed by atoms with Crippen molar-refractivity contribution < 1.29 is 19.0 Å². The molecule has 0 unspecified atom stereocenters. The van der Waals surface area contributed by atoms with E-state index in [1.807, 2.05) is 38.1 Å². The van der Waals surface area contributed by atoms with Gasteiger partial charge in [0.25, 0.3) is 0 Å². The average molecular weight is 432 g/mol. The summed E-state index contributed by atoms with van der Waals surface area (Å²) in [5.41, 5.74) is 1.03. The maximum atomic E-state index is 12.2. The van der Waals surface area contributed by atoms with Gasteiger partial charge in [-0.15, -0.1) is 0 Å². The summed E-state index contributed by atoms with van der Waals surface area (Å²) in [4.78, 5) is 12.2. The molecule has 0 heterocycles. The molecule has 5 heteroatoms. The Kier molecular flexibility index (Phi) is 7.30. The van der Waals surface area contributed by atoms with E-state index in [4.69, 9.17) is 14.2 Å². The van der Waals surface area contributed by atoms with E-state index in [1.54, 1.807) is 7.11 Å². The molecule has 1 fully saturated rings. The van der Waals surface area contributed by atoms with Crippen LogP contribution in [0.15, 0.2) is 24.3 Å². The Labute approximate surface area is 152 Å². The highest BCUT2D eigenvalue weighted by atomic mass is 127. The number of carbonyl (C=O) groups excluding carboxylic acids is 1. The second-order valence-corrected chi connectivity index (χ2v) is 7.52. The van der Waals surface area contributed by atoms with Crippen LogP contribution in [0.25, 0.3) is 0 Å². The minimum Gasteiger partial charge on any atom is -0.459 e. The first-order valence-electron chi connectivity index (χ1n) is 8.07.